The van der Waals surface area contributed by atoms with Gasteiger partial charge in [-0.15, -0.1) is 0 Å². The van der Waals surface area contributed by atoms with E-state index < -0.39 is 0 Å². The van der Waals surface area contributed by atoms with E-state index in [-0.39, 0.29) is 11.8 Å². The van der Waals surface area contributed by atoms with Gasteiger partial charge in [0.2, 0.25) is 0 Å². The lowest BCUT2D eigenvalue weighted by Crippen LogP contribution is -2.14. The molecule has 0 fully saturated rings. The summed E-state index contributed by atoms with van der Waals surface area (Å²) in [6, 6.07) is 18.7. The highest BCUT2D eigenvalue weighted by Crippen LogP contribution is 2.24. The minimum Gasteiger partial charge on any atom is -0.496 e. The molecular formula is C21H16BrClN2O3. The van der Waals surface area contributed by atoms with Crippen molar-refractivity contribution in [1.82, 2.24) is 0 Å². The van der Waals surface area contributed by atoms with Crippen molar-refractivity contribution < 1.29 is 14.3 Å². The molecule has 0 aliphatic rings. The highest BCUT2D eigenvalue weighted by molar-refractivity contribution is 9.10. The number of amides is 2. The average Bonchev–Trinajstić information content (AvgIpc) is 2.69. The fourth-order valence-electron chi connectivity index (χ4n) is 2.53. The first kappa shape index (κ1) is 19.9. The van der Waals surface area contributed by atoms with Crippen LogP contribution in [0.5, 0.6) is 5.75 Å². The monoisotopic (exact) mass is 458 g/mol. The lowest BCUT2D eigenvalue weighted by atomic mass is 10.1. The Morgan fingerprint density at radius 2 is 1.54 bits per heavy atom. The zero-order valence-electron chi connectivity index (χ0n) is 14.8. The molecule has 142 valence electrons. The maximum Gasteiger partial charge on any atom is 0.259 e. The molecular weight excluding hydrogens is 444 g/mol. The van der Waals surface area contributed by atoms with Crippen LogP contribution in [0.15, 0.2) is 71.2 Å². The number of halogens is 2. The Kier molecular flexibility index (Phi) is 6.34. The summed E-state index contributed by atoms with van der Waals surface area (Å²) in [7, 11) is 1.51. The Hall–Kier alpha value is -2.83. The van der Waals surface area contributed by atoms with E-state index in [4.69, 9.17) is 16.3 Å². The fourth-order valence-corrected chi connectivity index (χ4v) is 3.08. The van der Waals surface area contributed by atoms with E-state index in [0.717, 1.165) is 4.47 Å². The van der Waals surface area contributed by atoms with Crippen LogP contribution in [-0.2, 0) is 0 Å². The number of ether oxygens (including phenoxy) is 1. The third kappa shape index (κ3) is 4.91. The van der Waals surface area contributed by atoms with E-state index in [1.54, 1.807) is 66.7 Å². The van der Waals surface area contributed by atoms with Crippen molar-refractivity contribution in [2.45, 2.75) is 0 Å². The number of rotatable bonds is 5. The Bertz CT molecular complexity index is 1020. The van der Waals surface area contributed by atoms with Gasteiger partial charge in [0.15, 0.2) is 0 Å². The molecule has 2 N–H and O–H groups in total. The number of methoxy groups -OCH3 is 1. The van der Waals surface area contributed by atoms with Crippen LogP contribution in [-0.4, -0.2) is 18.9 Å². The molecule has 3 rings (SSSR count). The summed E-state index contributed by atoms with van der Waals surface area (Å²) in [4.78, 5) is 24.8. The molecule has 0 bridgehead atoms. The predicted molar refractivity (Wildman–Crippen MR) is 114 cm³/mol. The van der Waals surface area contributed by atoms with Gasteiger partial charge >= 0.3 is 0 Å². The Morgan fingerprint density at radius 3 is 2.14 bits per heavy atom. The van der Waals surface area contributed by atoms with Crippen LogP contribution in [0.1, 0.15) is 20.7 Å². The normalized spacial score (nSPS) is 10.2. The number of anilines is 2. The van der Waals surface area contributed by atoms with Crippen molar-refractivity contribution in [2.24, 2.45) is 0 Å². The molecule has 3 aromatic rings. The van der Waals surface area contributed by atoms with E-state index in [1.807, 2.05) is 0 Å². The largest absolute Gasteiger partial charge is 0.496 e. The summed E-state index contributed by atoms with van der Waals surface area (Å²) in [6.07, 6.45) is 0. The molecule has 0 unspecified atom stereocenters. The van der Waals surface area contributed by atoms with Crippen LogP contribution < -0.4 is 15.4 Å². The fraction of sp³-hybridized carbons (Fsp3) is 0.0476. The maximum absolute atomic E-state index is 12.5. The standard InChI is InChI=1S/C21H16BrClN2O3/c1-28-19-10-5-14(22)12-18(19)21(27)25-17-8-6-16(7-9-17)24-20(26)13-3-2-4-15(23)11-13/h2-12H,1H3,(H,24,26)(H,25,27). The summed E-state index contributed by atoms with van der Waals surface area (Å²) in [5.41, 5.74) is 2.07. The molecule has 0 saturated heterocycles. The second-order valence-electron chi connectivity index (χ2n) is 5.84. The van der Waals surface area contributed by atoms with Gasteiger partial charge in [-0.25, -0.2) is 0 Å². The molecule has 3 aromatic carbocycles. The number of carbonyl (C=O) groups is 2. The van der Waals surface area contributed by atoms with Crippen molar-refractivity contribution in [3.8, 4) is 5.75 Å². The molecule has 0 aliphatic carbocycles. The summed E-state index contributed by atoms with van der Waals surface area (Å²) in [6.45, 7) is 0. The van der Waals surface area contributed by atoms with Crippen LogP contribution in [0, 0.1) is 0 Å². The van der Waals surface area contributed by atoms with Crippen LogP contribution in [0.3, 0.4) is 0 Å². The minimum absolute atomic E-state index is 0.266. The number of hydrogen-bond donors (Lipinski definition) is 2. The zero-order chi connectivity index (χ0) is 20.1. The lowest BCUT2D eigenvalue weighted by Gasteiger charge is -2.11. The van der Waals surface area contributed by atoms with Crippen LogP contribution in [0.2, 0.25) is 5.02 Å². The molecule has 0 spiro atoms. The van der Waals surface area contributed by atoms with Crippen molar-refractivity contribution in [3.05, 3.63) is 87.4 Å². The van der Waals surface area contributed by atoms with Gasteiger partial charge in [-0.1, -0.05) is 33.6 Å². The van der Waals surface area contributed by atoms with E-state index in [1.165, 1.54) is 7.11 Å². The first-order chi connectivity index (χ1) is 13.5. The molecule has 28 heavy (non-hydrogen) atoms. The summed E-state index contributed by atoms with van der Waals surface area (Å²) < 4.78 is 6.01. The quantitative estimate of drug-likeness (QED) is 0.521. The van der Waals surface area contributed by atoms with Gasteiger partial charge in [-0.2, -0.15) is 0 Å². The smallest absolute Gasteiger partial charge is 0.259 e. The number of nitrogens with one attached hydrogen (secondary N) is 2. The summed E-state index contributed by atoms with van der Waals surface area (Å²) in [5.74, 6) is -0.0851. The molecule has 0 heterocycles. The first-order valence-corrected chi connectivity index (χ1v) is 9.45. The zero-order valence-corrected chi connectivity index (χ0v) is 17.2. The highest BCUT2D eigenvalue weighted by atomic mass is 79.9. The van der Waals surface area contributed by atoms with Crippen molar-refractivity contribution >= 4 is 50.7 Å². The Balaban J connectivity index is 1.68. The van der Waals surface area contributed by atoms with E-state index in [2.05, 4.69) is 26.6 Å². The van der Waals surface area contributed by atoms with Gasteiger partial charge in [0.25, 0.3) is 11.8 Å². The van der Waals surface area contributed by atoms with Gasteiger partial charge in [-0.3, -0.25) is 9.59 Å². The minimum atomic E-state index is -0.297. The maximum atomic E-state index is 12.5. The average molecular weight is 460 g/mol. The number of benzene rings is 3. The number of hydrogen-bond acceptors (Lipinski definition) is 3. The third-order valence-electron chi connectivity index (χ3n) is 3.89. The Morgan fingerprint density at radius 1 is 0.893 bits per heavy atom. The van der Waals surface area contributed by atoms with E-state index >= 15 is 0 Å². The molecule has 0 radical (unpaired) electrons. The predicted octanol–water partition coefficient (Wildman–Crippen LogP) is 5.62. The number of carbonyl (C=O) groups excluding carboxylic acids is 2. The van der Waals surface area contributed by atoms with Crippen LogP contribution >= 0.6 is 27.5 Å². The molecule has 0 aromatic heterocycles. The van der Waals surface area contributed by atoms with Crippen molar-refractivity contribution in [1.29, 1.82) is 0 Å². The summed E-state index contributed by atoms with van der Waals surface area (Å²) >= 11 is 9.26. The third-order valence-corrected chi connectivity index (χ3v) is 4.62. The second-order valence-corrected chi connectivity index (χ2v) is 7.19. The Labute approximate surface area is 175 Å². The molecule has 5 nitrogen and oxygen atoms in total. The molecule has 0 saturated carbocycles. The van der Waals surface area contributed by atoms with Gasteiger partial charge in [-0.05, 0) is 60.7 Å². The van der Waals surface area contributed by atoms with Crippen LogP contribution in [0.25, 0.3) is 0 Å². The molecule has 2 amide bonds. The van der Waals surface area contributed by atoms with E-state index in [9.17, 15) is 9.59 Å². The second kappa shape index (κ2) is 8.91. The van der Waals surface area contributed by atoms with Gasteiger partial charge < -0.3 is 15.4 Å². The first-order valence-electron chi connectivity index (χ1n) is 8.28. The van der Waals surface area contributed by atoms with Crippen molar-refractivity contribution in [3.63, 3.8) is 0 Å². The van der Waals surface area contributed by atoms with Gasteiger partial charge in [0.1, 0.15) is 5.75 Å². The molecule has 0 atom stereocenters. The van der Waals surface area contributed by atoms with Gasteiger partial charge in [0, 0.05) is 26.4 Å². The van der Waals surface area contributed by atoms with Crippen LogP contribution in [0.4, 0.5) is 11.4 Å². The highest BCUT2D eigenvalue weighted by Gasteiger charge is 2.13. The van der Waals surface area contributed by atoms with Crippen molar-refractivity contribution in [2.75, 3.05) is 17.7 Å². The van der Waals surface area contributed by atoms with Gasteiger partial charge in [0.05, 0.1) is 12.7 Å². The van der Waals surface area contributed by atoms with E-state index in [0.29, 0.717) is 33.3 Å². The topological polar surface area (TPSA) is 67.4 Å². The summed E-state index contributed by atoms with van der Waals surface area (Å²) in [5, 5.41) is 6.09. The SMILES string of the molecule is COc1ccc(Br)cc1C(=O)Nc1ccc(NC(=O)c2cccc(Cl)c2)cc1. The lowest BCUT2D eigenvalue weighted by molar-refractivity contribution is 0.101. The molecule has 7 heteroatoms. The molecule has 0 aliphatic heterocycles.